The van der Waals surface area contributed by atoms with Crippen LogP contribution in [0.4, 0.5) is 34.1 Å². The number of benzene rings is 9. The molecule has 0 saturated heterocycles. The normalized spacial score (nSPS) is 11.2. The van der Waals surface area contributed by atoms with E-state index in [0.717, 1.165) is 89.8 Å². The molecule has 294 valence electrons. The van der Waals surface area contributed by atoms with Crippen molar-refractivity contribution in [1.29, 1.82) is 0 Å². The van der Waals surface area contributed by atoms with Crippen molar-refractivity contribution in [3.05, 3.63) is 231 Å². The smallest absolute Gasteiger partial charge is 0.113 e. The molecule has 0 N–H and O–H groups in total. The van der Waals surface area contributed by atoms with Crippen molar-refractivity contribution in [3.8, 4) is 33.6 Å². The second-order valence-corrected chi connectivity index (χ2v) is 15.0. The van der Waals surface area contributed by atoms with Gasteiger partial charge < -0.3 is 9.80 Å². The number of aromatic nitrogens is 6. The van der Waals surface area contributed by atoms with Gasteiger partial charge in [0.05, 0.1) is 11.4 Å². The molecule has 0 unspecified atom stereocenters. The Balaban J connectivity index is 0.825. The maximum Gasteiger partial charge on any atom is 0.113 e. The van der Waals surface area contributed by atoms with Crippen LogP contribution < -0.4 is 9.80 Å². The van der Waals surface area contributed by atoms with E-state index in [9.17, 15) is 0 Å². The van der Waals surface area contributed by atoms with E-state index in [4.69, 9.17) is 0 Å². The molecule has 2 aromatic heterocycles. The van der Waals surface area contributed by atoms with Crippen molar-refractivity contribution in [3.63, 3.8) is 0 Å². The van der Waals surface area contributed by atoms with Crippen LogP contribution in [-0.2, 0) is 0 Å². The van der Waals surface area contributed by atoms with Crippen LogP contribution >= 0.6 is 0 Å². The number of para-hydroxylation sites is 2. The van der Waals surface area contributed by atoms with Gasteiger partial charge in [0.1, 0.15) is 22.1 Å². The summed E-state index contributed by atoms with van der Waals surface area (Å²) in [5, 5.41) is 18.7. The maximum absolute atomic E-state index is 4.67. The number of hydrogen-bond donors (Lipinski definition) is 0. The van der Waals surface area contributed by atoms with Crippen molar-refractivity contribution in [1.82, 2.24) is 30.0 Å². The average molecular weight is 799 g/mol. The van der Waals surface area contributed by atoms with E-state index in [-0.39, 0.29) is 0 Å². The molecule has 8 nitrogen and oxygen atoms in total. The van der Waals surface area contributed by atoms with Crippen molar-refractivity contribution < 1.29 is 0 Å². The Kier molecular flexibility index (Phi) is 9.33. The third kappa shape index (κ3) is 7.12. The number of hydrogen-bond acceptors (Lipinski definition) is 6. The fraction of sp³-hybridized carbons (Fsp3) is 0. The van der Waals surface area contributed by atoms with E-state index < -0.39 is 0 Å². The first kappa shape index (κ1) is 36.5. The molecule has 0 amide bonds. The zero-order valence-corrected chi connectivity index (χ0v) is 33.5. The monoisotopic (exact) mass is 798 g/mol. The lowest BCUT2D eigenvalue weighted by molar-refractivity contribution is 0.765. The van der Waals surface area contributed by atoms with E-state index in [1.54, 1.807) is 9.59 Å². The molecular formula is C54H38N8. The lowest BCUT2D eigenvalue weighted by atomic mass is 9.99. The third-order valence-electron chi connectivity index (χ3n) is 11.1. The number of nitrogens with zero attached hydrogens (tertiary/aromatic N) is 8. The molecule has 11 aromatic rings. The largest absolute Gasteiger partial charge is 0.311 e. The summed E-state index contributed by atoms with van der Waals surface area (Å²) < 4.78 is 0. The van der Waals surface area contributed by atoms with Crippen molar-refractivity contribution >= 4 is 56.2 Å². The highest BCUT2D eigenvalue weighted by Gasteiger charge is 2.16. The minimum absolute atomic E-state index is 0.871. The van der Waals surface area contributed by atoms with Crippen LogP contribution in [0.15, 0.2) is 231 Å². The molecule has 0 spiro atoms. The molecule has 0 saturated carbocycles. The van der Waals surface area contributed by atoms with Crippen LogP contribution in [-0.4, -0.2) is 30.0 Å². The number of rotatable bonds is 10. The van der Waals surface area contributed by atoms with E-state index in [1.165, 1.54) is 0 Å². The van der Waals surface area contributed by atoms with Crippen molar-refractivity contribution in [2.45, 2.75) is 0 Å². The highest BCUT2D eigenvalue weighted by atomic mass is 15.5. The van der Waals surface area contributed by atoms with Crippen LogP contribution in [0, 0.1) is 0 Å². The Morgan fingerprint density at radius 1 is 0.226 bits per heavy atom. The van der Waals surface area contributed by atoms with Crippen molar-refractivity contribution in [2.24, 2.45) is 0 Å². The summed E-state index contributed by atoms with van der Waals surface area (Å²) in [5.74, 6) is 0. The molecule has 0 atom stereocenters. The van der Waals surface area contributed by atoms with Crippen LogP contribution in [0.2, 0.25) is 0 Å². The average Bonchev–Trinajstić information content (AvgIpc) is 3.99. The molecule has 0 aliphatic carbocycles. The molecule has 9 aromatic carbocycles. The molecule has 0 aliphatic rings. The number of anilines is 6. The SMILES string of the molecule is c1ccc(N(c2ccc(-c3ccc(-c4ccc(N(c5ccccc5)c5ccc(-n6nc7ccccc7n6)cc5)cc4)cc3)cc2)c2ccc(-n3nc4ccccc4n3)cc2)cc1. The van der Waals surface area contributed by atoms with Gasteiger partial charge in [-0.05, 0) is 144 Å². The first-order valence-electron chi connectivity index (χ1n) is 20.6. The van der Waals surface area contributed by atoms with Crippen LogP contribution in [0.5, 0.6) is 0 Å². The maximum atomic E-state index is 4.67. The highest BCUT2D eigenvalue weighted by Crippen LogP contribution is 2.38. The van der Waals surface area contributed by atoms with Gasteiger partial charge in [-0.1, -0.05) is 109 Å². The topological polar surface area (TPSA) is 67.9 Å². The fourth-order valence-corrected chi connectivity index (χ4v) is 7.93. The van der Waals surface area contributed by atoms with Crippen molar-refractivity contribution in [2.75, 3.05) is 9.80 Å². The predicted molar refractivity (Wildman–Crippen MR) is 252 cm³/mol. The zero-order chi connectivity index (χ0) is 41.2. The van der Waals surface area contributed by atoms with Gasteiger partial charge in [0.25, 0.3) is 0 Å². The molecule has 2 heterocycles. The van der Waals surface area contributed by atoms with Gasteiger partial charge >= 0.3 is 0 Å². The minimum Gasteiger partial charge on any atom is -0.311 e. The Labute approximate surface area is 358 Å². The summed E-state index contributed by atoms with van der Waals surface area (Å²) in [5.41, 5.74) is 16.3. The van der Waals surface area contributed by atoms with E-state index in [0.29, 0.717) is 0 Å². The summed E-state index contributed by atoms with van der Waals surface area (Å²) in [7, 11) is 0. The standard InChI is InChI=1S/C54H38N8/c1-3-11-43(12-4-1)59(47-31-35-49(36-32-47)61-55-51-15-7-8-16-52(51)56-61)45-27-23-41(24-28-45)39-19-21-40(22-20-39)42-25-29-46(30-26-42)60(44-13-5-2-6-14-44)48-33-37-50(38-34-48)62-57-53-17-9-10-18-54(53)58-62/h1-38H. The van der Waals surface area contributed by atoms with Gasteiger partial charge in [-0.3, -0.25) is 0 Å². The summed E-state index contributed by atoms with van der Waals surface area (Å²) >= 11 is 0. The second kappa shape index (κ2) is 15.9. The fourth-order valence-electron chi connectivity index (χ4n) is 7.93. The van der Waals surface area contributed by atoms with Gasteiger partial charge in [-0.15, -0.1) is 20.4 Å². The predicted octanol–water partition coefficient (Wildman–Crippen LogP) is 13.4. The van der Waals surface area contributed by atoms with E-state index in [1.807, 2.05) is 60.7 Å². The van der Waals surface area contributed by atoms with Gasteiger partial charge in [-0.2, -0.15) is 9.59 Å². The summed E-state index contributed by atoms with van der Waals surface area (Å²) in [6.45, 7) is 0. The Bertz CT molecular complexity index is 2960. The summed E-state index contributed by atoms with van der Waals surface area (Å²) in [6, 6.07) is 79.8. The molecule has 0 aliphatic heterocycles. The molecule has 0 fully saturated rings. The first-order valence-corrected chi connectivity index (χ1v) is 20.6. The Hall–Kier alpha value is -8.62. The molecule has 0 radical (unpaired) electrons. The lowest BCUT2D eigenvalue weighted by Crippen LogP contribution is -2.10. The highest BCUT2D eigenvalue weighted by molar-refractivity contribution is 5.82. The number of fused-ring (bicyclic) bond motifs is 2. The van der Waals surface area contributed by atoms with Gasteiger partial charge in [0.2, 0.25) is 0 Å². The van der Waals surface area contributed by atoms with Gasteiger partial charge in [0.15, 0.2) is 0 Å². The second-order valence-electron chi connectivity index (χ2n) is 15.0. The zero-order valence-electron chi connectivity index (χ0n) is 33.5. The van der Waals surface area contributed by atoms with Crippen LogP contribution in [0.3, 0.4) is 0 Å². The third-order valence-corrected chi connectivity index (χ3v) is 11.1. The molecule has 62 heavy (non-hydrogen) atoms. The molecule has 11 rings (SSSR count). The molecule has 0 bridgehead atoms. The summed E-state index contributed by atoms with van der Waals surface area (Å²) in [4.78, 5) is 7.92. The first-order chi connectivity index (χ1) is 30.7. The van der Waals surface area contributed by atoms with E-state index in [2.05, 4.69) is 200 Å². The lowest BCUT2D eigenvalue weighted by Gasteiger charge is -2.26. The van der Waals surface area contributed by atoms with Gasteiger partial charge in [-0.25, -0.2) is 0 Å². The Morgan fingerprint density at radius 2 is 0.452 bits per heavy atom. The Morgan fingerprint density at radius 3 is 0.742 bits per heavy atom. The molecular weight excluding hydrogens is 761 g/mol. The molecule has 8 heteroatoms. The quantitative estimate of drug-likeness (QED) is 0.137. The minimum atomic E-state index is 0.871. The summed E-state index contributed by atoms with van der Waals surface area (Å²) in [6.07, 6.45) is 0. The van der Waals surface area contributed by atoms with Gasteiger partial charge in [0, 0.05) is 34.1 Å². The van der Waals surface area contributed by atoms with E-state index >= 15 is 0 Å². The van der Waals surface area contributed by atoms with Crippen LogP contribution in [0.25, 0.3) is 55.7 Å². The van der Waals surface area contributed by atoms with Crippen LogP contribution in [0.1, 0.15) is 0 Å².